The maximum Gasteiger partial charge on any atom is 0.273 e. The van der Waals surface area contributed by atoms with E-state index in [1.165, 1.54) is 11.3 Å². The fraction of sp³-hybridized carbons (Fsp3) is 0. The SMILES string of the molecule is O=C(Nc1cccc(Cl)c1Cl)c1csc2nccn12. The molecular formula is C12H7Cl2N3OS. The molecule has 19 heavy (non-hydrogen) atoms. The van der Waals surface area contributed by atoms with E-state index >= 15 is 0 Å². The number of carbonyl (C=O) groups excluding carboxylic acids is 1. The number of benzene rings is 1. The summed E-state index contributed by atoms with van der Waals surface area (Å²) < 4.78 is 1.72. The highest BCUT2D eigenvalue weighted by atomic mass is 35.5. The van der Waals surface area contributed by atoms with Crippen LogP contribution in [0.5, 0.6) is 0 Å². The number of nitrogens with one attached hydrogen (secondary N) is 1. The molecule has 2 heterocycles. The van der Waals surface area contributed by atoms with E-state index < -0.39 is 0 Å². The summed E-state index contributed by atoms with van der Waals surface area (Å²) in [6.07, 6.45) is 3.38. The smallest absolute Gasteiger partial charge is 0.273 e. The molecule has 4 nitrogen and oxygen atoms in total. The summed E-state index contributed by atoms with van der Waals surface area (Å²) in [4.78, 5) is 17.1. The van der Waals surface area contributed by atoms with E-state index in [0.29, 0.717) is 21.4 Å². The number of imidazole rings is 1. The van der Waals surface area contributed by atoms with Gasteiger partial charge in [0, 0.05) is 17.8 Å². The lowest BCUT2D eigenvalue weighted by Crippen LogP contribution is -2.14. The van der Waals surface area contributed by atoms with Crippen LogP contribution in [0.3, 0.4) is 0 Å². The minimum atomic E-state index is -0.256. The van der Waals surface area contributed by atoms with Gasteiger partial charge in [0.2, 0.25) is 0 Å². The molecule has 0 aliphatic rings. The number of nitrogens with zero attached hydrogens (tertiary/aromatic N) is 2. The monoisotopic (exact) mass is 311 g/mol. The van der Waals surface area contributed by atoms with Crippen LogP contribution in [-0.4, -0.2) is 15.3 Å². The molecule has 0 spiro atoms. The van der Waals surface area contributed by atoms with Crippen LogP contribution >= 0.6 is 34.5 Å². The predicted molar refractivity (Wildman–Crippen MR) is 77.5 cm³/mol. The van der Waals surface area contributed by atoms with Gasteiger partial charge in [-0.2, -0.15) is 0 Å². The number of amides is 1. The molecule has 0 aliphatic carbocycles. The maximum atomic E-state index is 12.2. The minimum Gasteiger partial charge on any atom is -0.319 e. The van der Waals surface area contributed by atoms with Gasteiger partial charge in [0.15, 0.2) is 4.96 Å². The fourth-order valence-electron chi connectivity index (χ4n) is 1.68. The van der Waals surface area contributed by atoms with Gasteiger partial charge in [-0.05, 0) is 12.1 Å². The summed E-state index contributed by atoms with van der Waals surface area (Å²) in [5, 5.41) is 5.21. The van der Waals surface area contributed by atoms with E-state index in [0.717, 1.165) is 4.96 Å². The van der Waals surface area contributed by atoms with Crippen molar-refractivity contribution < 1.29 is 4.79 Å². The number of halogens is 2. The summed E-state index contributed by atoms with van der Waals surface area (Å²) in [6.45, 7) is 0. The first kappa shape index (κ1) is 12.5. The Labute approximate surface area is 122 Å². The Hall–Kier alpha value is -1.56. The van der Waals surface area contributed by atoms with Gasteiger partial charge < -0.3 is 5.32 Å². The van der Waals surface area contributed by atoms with Crippen LogP contribution in [0.25, 0.3) is 4.96 Å². The van der Waals surface area contributed by atoms with E-state index in [4.69, 9.17) is 23.2 Å². The van der Waals surface area contributed by atoms with Gasteiger partial charge in [-0.15, -0.1) is 11.3 Å². The number of hydrogen-bond acceptors (Lipinski definition) is 3. The number of aromatic nitrogens is 2. The third kappa shape index (κ3) is 2.20. The lowest BCUT2D eigenvalue weighted by atomic mass is 10.3. The number of anilines is 1. The van der Waals surface area contributed by atoms with Crippen molar-refractivity contribution in [1.29, 1.82) is 0 Å². The summed E-state index contributed by atoms with van der Waals surface area (Å²) in [6, 6.07) is 5.09. The molecule has 0 radical (unpaired) electrons. The highest BCUT2D eigenvalue weighted by molar-refractivity contribution is 7.15. The Morgan fingerprint density at radius 2 is 2.21 bits per heavy atom. The summed E-state index contributed by atoms with van der Waals surface area (Å²) in [5.41, 5.74) is 0.993. The number of carbonyl (C=O) groups is 1. The molecule has 0 atom stereocenters. The molecule has 0 bridgehead atoms. The van der Waals surface area contributed by atoms with Gasteiger partial charge in [0.25, 0.3) is 5.91 Å². The largest absolute Gasteiger partial charge is 0.319 e. The Morgan fingerprint density at radius 3 is 3.05 bits per heavy atom. The zero-order valence-corrected chi connectivity index (χ0v) is 11.8. The standard InChI is InChI=1S/C12H7Cl2N3OS/c13-7-2-1-3-8(10(7)14)16-11(18)9-6-19-12-15-4-5-17(9)12/h1-6H,(H,16,18). The second-order valence-corrected chi connectivity index (χ2v) is 5.38. The normalized spacial score (nSPS) is 10.8. The number of fused-ring (bicyclic) bond motifs is 1. The van der Waals surface area contributed by atoms with Crippen LogP contribution in [0.2, 0.25) is 10.0 Å². The van der Waals surface area contributed by atoms with Crippen molar-refractivity contribution in [1.82, 2.24) is 9.38 Å². The molecule has 3 aromatic rings. The predicted octanol–water partition coefficient (Wildman–Crippen LogP) is 3.95. The Morgan fingerprint density at radius 1 is 1.37 bits per heavy atom. The molecular weight excluding hydrogens is 305 g/mol. The Kier molecular flexibility index (Phi) is 3.18. The van der Waals surface area contributed by atoms with Gasteiger partial charge in [-0.3, -0.25) is 9.20 Å². The van der Waals surface area contributed by atoms with E-state index in [9.17, 15) is 4.79 Å². The minimum absolute atomic E-state index is 0.256. The molecule has 0 saturated heterocycles. The van der Waals surface area contributed by atoms with Gasteiger partial charge >= 0.3 is 0 Å². The van der Waals surface area contributed by atoms with Gasteiger partial charge in [-0.1, -0.05) is 29.3 Å². The van der Waals surface area contributed by atoms with Crippen molar-refractivity contribution in [3.05, 3.63) is 51.7 Å². The van der Waals surface area contributed by atoms with Crippen LogP contribution in [0.1, 0.15) is 10.5 Å². The Balaban J connectivity index is 1.94. The van der Waals surface area contributed by atoms with Crippen molar-refractivity contribution in [3.8, 4) is 0 Å². The fourth-order valence-corrected chi connectivity index (χ4v) is 2.86. The van der Waals surface area contributed by atoms with Crippen molar-refractivity contribution >= 4 is 51.1 Å². The molecule has 2 aromatic heterocycles. The third-order valence-corrected chi connectivity index (χ3v) is 4.25. The molecule has 1 aromatic carbocycles. The molecule has 1 N–H and O–H groups in total. The summed E-state index contributed by atoms with van der Waals surface area (Å²) >= 11 is 13.3. The second kappa shape index (κ2) is 4.85. The molecule has 96 valence electrons. The van der Waals surface area contributed by atoms with Crippen molar-refractivity contribution in [2.45, 2.75) is 0 Å². The first-order chi connectivity index (χ1) is 9.16. The lowest BCUT2D eigenvalue weighted by Gasteiger charge is -2.07. The highest BCUT2D eigenvalue weighted by Crippen LogP contribution is 2.30. The van der Waals surface area contributed by atoms with Crippen LogP contribution in [0.4, 0.5) is 5.69 Å². The number of hydrogen-bond donors (Lipinski definition) is 1. The zero-order chi connectivity index (χ0) is 13.4. The molecule has 0 aliphatic heterocycles. The molecule has 0 fully saturated rings. The molecule has 1 amide bonds. The van der Waals surface area contributed by atoms with Gasteiger partial charge in [-0.25, -0.2) is 4.98 Å². The number of rotatable bonds is 2. The quantitative estimate of drug-likeness (QED) is 0.778. The molecule has 0 saturated carbocycles. The maximum absolute atomic E-state index is 12.2. The Bertz CT molecular complexity index is 765. The first-order valence-corrected chi connectivity index (χ1v) is 6.96. The van der Waals surface area contributed by atoms with Crippen LogP contribution < -0.4 is 5.32 Å². The van der Waals surface area contributed by atoms with Crippen LogP contribution in [0.15, 0.2) is 36.0 Å². The zero-order valence-electron chi connectivity index (χ0n) is 9.43. The number of thiazole rings is 1. The molecule has 7 heteroatoms. The average molecular weight is 312 g/mol. The molecule has 3 rings (SSSR count). The van der Waals surface area contributed by atoms with Crippen molar-refractivity contribution in [2.24, 2.45) is 0 Å². The van der Waals surface area contributed by atoms with Crippen molar-refractivity contribution in [2.75, 3.05) is 5.32 Å². The average Bonchev–Trinajstić information content (AvgIpc) is 2.96. The lowest BCUT2D eigenvalue weighted by molar-refractivity contribution is 0.102. The second-order valence-electron chi connectivity index (χ2n) is 3.76. The summed E-state index contributed by atoms with van der Waals surface area (Å²) in [7, 11) is 0. The van der Waals surface area contributed by atoms with E-state index in [-0.39, 0.29) is 5.91 Å². The highest BCUT2D eigenvalue weighted by Gasteiger charge is 2.14. The van der Waals surface area contributed by atoms with E-state index in [1.54, 1.807) is 40.4 Å². The summed E-state index contributed by atoms with van der Waals surface area (Å²) in [5.74, 6) is -0.256. The van der Waals surface area contributed by atoms with Gasteiger partial charge in [0.1, 0.15) is 5.69 Å². The third-order valence-electron chi connectivity index (χ3n) is 2.57. The van der Waals surface area contributed by atoms with E-state index in [2.05, 4.69) is 10.3 Å². The first-order valence-electron chi connectivity index (χ1n) is 5.33. The van der Waals surface area contributed by atoms with Crippen LogP contribution in [-0.2, 0) is 0 Å². The van der Waals surface area contributed by atoms with Crippen molar-refractivity contribution in [3.63, 3.8) is 0 Å². The van der Waals surface area contributed by atoms with Crippen LogP contribution in [0, 0.1) is 0 Å². The topological polar surface area (TPSA) is 46.4 Å². The molecule has 0 unspecified atom stereocenters. The van der Waals surface area contributed by atoms with E-state index in [1.807, 2.05) is 0 Å². The van der Waals surface area contributed by atoms with Gasteiger partial charge in [0.05, 0.1) is 15.7 Å².